The second kappa shape index (κ2) is 33.1. The van der Waals surface area contributed by atoms with Crippen LogP contribution in [0.4, 0.5) is 0 Å². The zero-order chi connectivity index (χ0) is 65.2. The van der Waals surface area contributed by atoms with E-state index in [1.807, 2.05) is 24.3 Å². The summed E-state index contributed by atoms with van der Waals surface area (Å²) in [4.78, 5) is 112. The molecule has 3 aliphatic heterocycles. The fraction of sp³-hybridized carbons (Fsp3) is 0.500. The molecule has 486 valence electrons. The Morgan fingerprint density at radius 3 is 2.10 bits per heavy atom. The third kappa shape index (κ3) is 18.3. The lowest BCUT2D eigenvalue weighted by molar-refractivity contribution is -0.433. The molecule has 4 aromatic rings. The van der Waals surface area contributed by atoms with Gasteiger partial charge in [-0.15, -0.1) is 0 Å². The van der Waals surface area contributed by atoms with E-state index in [1.165, 1.54) is 50.8 Å². The number of unbranched alkanes of at least 4 members (excludes halogenated alkanes) is 5. The number of nitrogens with one attached hydrogen (secondary N) is 5. The Labute approximate surface area is 522 Å². The number of fused-ring (bicyclic) bond motifs is 2. The number of nitriles is 1. The number of nitrogens with zero attached hydrogens (tertiary/aromatic N) is 5. The van der Waals surface area contributed by atoms with E-state index in [2.05, 4.69) is 52.8 Å². The van der Waals surface area contributed by atoms with Crippen molar-refractivity contribution in [3.05, 3.63) is 90.3 Å². The normalized spacial score (nSPS) is 24.8. The maximum atomic E-state index is 14.6. The van der Waals surface area contributed by atoms with Crippen LogP contribution < -0.4 is 35.5 Å². The largest absolute Gasteiger partial charge is 0.504 e. The number of aliphatic hydroxyl groups is 6. The number of carbonyl (C=O) groups is 7. The van der Waals surface area contributed by atoms with Gasteiger partial charge in [-0.05, 0) is 73.0 Å². The van der Waals surface area contributed by atoms with Gasteiger partial charge in [0, 0.05) is 73.9 Å². The summed E-state index contributed by atoms with van der Waals surface area (Å²) in [5.41, 5.74) is 2.09. The van der Waals surface area contributed by atoms with Crippen molar-refractivity contribution in [2.24, 2.45) is 5.92 Å². The summed E-state index contributed by atoms with van der Waals surface area (Å²) in [5.74, 6) is -8.48. The molecular formula is C60H76N10O19S. The SMILES string of the molecule is CCCCCCCCOc1ccc(-c2ncc(-c3ccc(C(=O)N[C@H]4C[C@H](O)CNC(=O)[C@@H]5[C@@H](O)[C@H](C)CN5C(=O)[C@H]([C@H](O)CC#N)NC(=O)[C@H]([C@H](O)Cc5ccc(O)c(OSOOO)c5)NC(=O)[C@@H]5C[C@H](O)CN5C(=O)[C@H]([C@H](C)O)NC4=O)cc3)cn2)cc1. The highest BCUT2D eigenvalue weighted by atomic mass is 32.2. The Morgan fingerprint density at radius 1 is 0.767 bits per heavy atom. The summed E-state index contributed by atoms with van der Waals surface area (Å²) in [6, 6.07) is 7.31. The van der Waals surface area contributed by atoms with E-state index in [-0.39, 0.29) is 35.7 Å². The van der Waals surface area contributed by atoms with Crippen LogP contribution in [0.1, 0.15) is 94.5 Å². The Bertz CT molecular complexity index is 3140. The van der Waals surface area contributed by atoms with Crippen molar-refractivity contribution in [1.82, 2.24) is 46.4 Å². The predicted octanol–water partition coefficient (Wildman–Crippen LogP) is 0.481. The molecule has 13 N–H and O–H groups in total. The van der Waals surface area contributed by atoms with Gasteiger partial charge in [0.15, 0.2) is 17.3 Å². The first kappa shape index (κ1) is 69.4. The third-order valence-corrected chi connectivity index (χ3v) is 16.1. The lowest BCUT2D eigenvalue weighted by Crippen LogP contribution is -2.64. The minimum absolute atomic E-state index is 0.0144. The minimum atomic E-state index is -2.16. The number of β-amino-alcohol motifs (C(OH)–C–C–N with tert-alkyl or cyclic N) is 1. The predicted molar refractivity (Wildman–Crippen MR) is 318 cm³/mol. The fourth-order valence-corrected chi connectivity index (χ4v) is 11.0. The number of aromatic nitrogens is 2. The maximum Gasteiger partial charge on any atom is 0.261 e. The van der Waals surface area contributed by atoms with Gasteiger partial charge in [-0.2, -0.15) is 5.26 Å². The second-order valence-corrected chi connectivity index (χ2v) is 22.9. The minimum Gasteiger partial charge on any atom is -0.504 e. The summed E-state index contributed by atoms with van der Waals surface area (Å²) in [6.07, 6.45) is -3.00. The van der Waals surface area contributed by atoms with Gasteiger partial charge in [0.05, 0.1) is 55.7 Å². The summed E-state index contributed by atoms with van der Waals surface area (Å²) < 4.78 is 15.2. The van der Waals surface area contributed by atoms with Gasteiger partial charge in [0.25, 0.3) is 18.2 Å². The number of phenols is 1. The van der Waals surface area contributed by atoms with Crippen LogP contribution in [-0.4, -0.2) is 201 Å². The molecular weight excluding hydrogens is 1200 g/mol. The summed E-state index contributed by atoms with van der Waals surface area (Å²) in [6.45, 7) is 3.77. The first-order valence-electron chi connectivity index (χ1n) is 29.5. The van der Waals surface area contributed by atoms with E-state index in [4.69, 9.17) is 14.2 Å². The molecule has 3 aromatic carbocycles. The highest BCUT2D eigenvalue weighted by molar-refractivity contribution is 7.90. The fourth-order valence-electron chi connectivity index (χ4n) is 10.8. The number of carbonyl (C=O) groups excluding carboxylic acids is 7. The summed E-state index contributed by atoms with van der Waals surface area (Å²) in [5, 5.41) is 112. The van der Waals surface area contributed by atoms with Crippen LogP contribution >= 0.6 is 12.3 Å². The third-order valence-electron chi connectivity index (χ3n) is 15.7. The molecule has 0 unspecified atom stereocenters. The molecule has 0 aliphatic carbocycles. The maximum absolute atomic E-state index is 14.6. The van der Waals surface area contributed by atoms with E-state index in [0.29, 0.717) is 23.6 Å². The van der Waals surface area contributed by atoms with Gasteiger partial charge >= 0.3 is 0 Å². The van der Waals surface area contributed by atoms with Crippen LogP contribution in [0.3, 0.4) is 0 Å². The number of amides is 7. The molecule has 13 atom stereocenters. The van der Waals surface area contributed by atoms with Crippen molar-refractivity contribution < 1.29 is 92.9 Å². The van der Waals surface area contributed by atoms with Gasteiger partial charge in [-0.3, -0.25) is 33.6 Å². The average Bonchev–Trinajstić information content (AvgIpc) is 1.78. The first-order chi connectivity index (χ1) is 43.1. The number of benzene rings is 3. The van der Waals surface area contributed by atoms with Crippen LogP contribution in [0.2, 0.25) is 0 Å². The Kier molecular flexibility index (Phi) is 25.5. The van der Waals surface area contributed by atoms with Crippen molar-refractivity contribution in [3.8, 4) is 45.8 Å². The molecule has 3 fully saturated rings. The zero-order valence-corrected chi connectivity index (χ0v) is 50.4. The second-order valence-electron chi connectivity index (χ2n) is 22.5. The van der Waals surface area contributed by atoms with E-state index in [1.54, 1.807) is 30.6 Å². The molecule has 30 heteroatoms. The van der Waals surface area contributed by atoms with Gasteiger partial charge in [0.2, 0.25) is 35.4 Å². The molecule has 0 bridgehead atoms. The number of hydrogen-bond donors (Lipinski definition) is 13. The van der Waals surface area contributed by atoms with E-state index in [0.717, 1.165) is 53.0 Å². The van der Waals surface area contributed by atoms with E-state index >= 15 is 0 Å². The van der Waals surface area contributed by atoms with Gasteiger partial charge in [-0.25, -0.2) is 15.2 Å². The topological polar surface area (TPSA) is 434 Å². The number of ether oxygens (including phenoxy) is 1. The molecule has 3 aliphatic rings. The van der Waals surface area contributed by atoms with E-state index in [9.17, 15) is 74.6 Å². The van der Waals surface area contributed by atoms with Crippen LogP contribution in [0, 0.1) is 17.2 Å². The van der Waals surface area contributed by atoms with Crippen molar-refractivity contribution in [1.29, 1.82) is 5.26 Å². The zero-order valence-electron chi connectivity index (χ0n) is 49.6. The number of phenolic OH excluding ortho intramolecular Hbond substituents is 1. The molecule has 3 saturated heterocycles. The lowest BCUT2D eigenvalue weighted by atomic mass is 9.98. The number of aliphatic hydroxyl groups excluding tert-OH is 6. The summed E-state index contributed by atoms with van der Waals surface area (Å²) in [7, 11) is 0. The van der Waals surface area contributed by atoms with E-state index < -0.39 is 165 Å². The first-order valence-corrected chi connectivity index (χ1v) is 30.1. The van der Waals surface area contributed by atoms with Crippen LogP contribution in [-0.2, 0) is 44.6 Å². The van der Waals surface area contributed by atoms with Crippen LogP contribution in [0.5, 0.6) is 17.2 Å². The smallest absolute Gasteiger partial charge is 0.261 e. The van der Waals surface area contributed by atoms with Crippen molar-refractivity contribution in [2.45, 2.75) is 158 Å². The van der Waals surface area contributed by atoms with Crippen LogP contribution in [0.15, 0.2) is 79.1 Å². The summed E-state index contributed by atoms with van der Waals surface area (Å²) >= 11 is 0.0667. The lowest BCUT2D eigenvalue weighted by Gasteiger charge is -2.33. The monoisotopic (exact) mass is 1270 g/mol. The standard InChI is InChI=1S/C60H76N10O19S/c1-4-5-6-7-8-9-22-86-41-17-15-36(16-18-41)53-62-27-38(28-63-53)35-11-13-37(14-12-35)54(78)65-42-25-39(72)29-64-58(82)51-52(77)32(2)30-70(51)60(84)50(45(75)20-21-61)68-57(81)49(46(76)23-34-10-19-44(74)47(24-34)87-90-89-88-85)67-56(80)43-26-40(73)31-69(43)59(83)48(33(3)71)66-55(42)79/h10-19,24,27-28,32-33,39-40,42-43,45-46,48-52,71-77,85H,4-9,20,22-23,25-26,29-31H2,1-3H3,(H,64,82)(H,65,78)(H,66,79)(H,67,80)(H,68,81)/t32-,33+,39+,40+,42+,43+,45-,46-,48+,49+,50+,51+,52+/m1/s1. The Morgan fingerprint density at radius 2 is 1.42 bits per heavy atom. The van der Waals surface area contributed by atoms with Gasteiger partial charge in [0.1, 0.15) is 42.0 Å². The molecule has 0 spiro atoms. The molecule has 7 amide bonds. The number of aromatic hydroxyl groups is 1. The number of hydrogen-bond acceptors (Lipinski definition) is 23. The van der Waals surface area contributed by atoms with Crippen LogP contribution in [0.25, 0.3) is 22.5 Å². The Hall–Kier alpha value is -8.09. The molecule has 4 heterocycles. The highest BCUT2D eigenvalue weighted by Gasteiger charge is 2.50. The molecule has 29 nitrogen and oxygen atoms in total. The van der Waals surface area contributed by atoms with Gasteiger partial charge in [-0.1, -0.05) is 73.5 Å². The number of rotatable bonds is 22. The molecule has 90 heavy (non-hydrogen) atoms. The van der Waals surface area contributed by atoms with Crippen molar-refractivity contribution in [3.63, 3.8) is 0 Å². The van der Waals surface area contributed by atoms with Gasteiger partial charge < -0.3 is 81.0 Å². The molecule has 1 aromatic heterocycles. The highest BCUT2D eigenvalue weighted by Crippen LogP contribution is 2.32. The van der Waals surface area contributed by atoms with Crippen molar-refractivity contribution >= 4 is 53.7 Å². The molecule has 0 radical (unpaired) electrons. The quantitative estimate of drug-likeness (QED) is 0.0220. The van der Waals surface area contributed by atoms with Crippen molar-refractivity contribution in [2.75, 3.05) is 26.2 Å². The Balaban J connectivity index is 1.15. The molecule has 0 saturated carbocycles. The average molecular weight is 1270 g/mol. The molecule has 7 rings (SSSR count).